The Balaban J connectivity index is 1.60. The Hall–Kier alpha value is -2.90. The molecule has 1 unspecified atom stereocenters. The normalized spacial score (nSPS) is 25.0. The number of aliphatic hydroxyl groups excluding tert-OH is 1. The number of rotatable bonds is 10. The van der Waals surface area contributed by atoms with E-state index >= 15 is 0 Å². The van der Waals surface area contributed by atoms with Gasteiger partial charge in [0.25, 0.3) is 5.56 Å². The first-order valence-electron chi connectivity index (χ1n) is 12.6. The molecule has 2 heterocycles. The lowest BCUT2D eigenvalue weighted by Crippen LogP contribution is -2.47. The average Bonchev–Trinajstić information content (AvgIpc) is 3.11. The number of carbonyl (C=O) groups excluding carboxylic acids is 1. The van der Waals surface area contributed by atoms with Gasteiger partial charge in [-0.05, 0) is 51.0 Å². The van der Waals surface area contributed by atoms with E-state index in [1.165, 1.54) is 6.92 Å². The van der Waals surface area contributed by atoms with Crippen LogP contribution in [0.2, 0.25) is 0 Å². The van der Waals surface area contributed by atoms with Gasteiger partial charge in [0.2, 0.25) is 0 Å². The highest BCUT2D eigenvalue weighted by atomic mass is 32.5. The minimum atomic E-state index is -3.53. The van der Waals surface area contributed by atoms with Crippen molar-refractivity contribution in [2.75, 3.05) is 6.61 Å². The number of carbonyl (C=O) groups is 1. The van der Waals surface area contributed by atoms with Crippen LogP contribution in [-0.4, -0.2) is 62.3 Å². The second kappa shape index (κ2) is 11.9. The van der Waals surface area contributed by atoms with Crippen molar-refractivity contribution in [3.63, 3.8) is 0 Å². The highest BCUT2D eigenvalue weighted by Gasteiger charge is 2.54. The van der Waals surface area contributed by atoms with E-state index in [1.807, 2.05) is 30.3 Å². The van der Waals surface area contributed by atoms with Crippen molar-refractivity contribution >= 4 is 35.2 Å². The van der Waals surface area contributed by atoms with Crippen LogP contribution in [0.1, 0.15) is 33.9 Å². The SMILES string of the molecule is CC(C)OC(=O)[C@H](C)NP(=S)(OC[C@H]1O[C@@H](n2ccc(=O)[nH]c2=O)[C@](C)(O)[C@@H]1O)Oc1cccc2ccccc12. The van der Waals surface area contributed by atoms with Gasteiger partial charge in [-0.3, -0.25) is 19.1 Å². The van der Waals surface area contributed by atoms with E-state index in [2.05, 4.69) is 10.1 Å². The molecule has 3 aromatic rings. The fourth-order valence-electron chi connectivity index (χ4n) is 4.28. The standard InChI is InChI=1S/C26H32N3O9PS/c1-15(2)36-23(32)16(3)28-39(40,38-19-11-7-9-17-8-5-6-10-18(17)19)35-14-20-22(31)26(4,34)24(37-20)29-13-12-21(30)27-25(29)33/h5-13,15-16,20,22,24,31,34H,14H2,1-4H3,(H,28,40)(H,27,30,33)/t16-,20+,22+,24+,26+,39?/m0/s1. The smallest absolute Gasteiger partial charge is 0.330 e. The van der Waals surface area contributed by atoms with Crippen LogP contribution in [0.15, 0.2) is 64.3 Å². The van der Waals surface area contributed by atoms with Crippen molar-refractivity contribution in [2.24, 2.45) is 0 Å². The Morgan fingerprint density at radius 3 is 2.60 bits per heavy atom. The first-order chi connectivity index (χ1) is 18.8. The number of nitrogens with one attached hydrogen (secondary N) is 2. The second-order valence-electron chi connectivity index (χ2n) is 9.91. The summed E-state index contributed by atoms with van der Waals surface area (Å²) in [6.07, 6.45) is -3.21. The van der Waals surface area contributed by atoms with E-state index in [0.29, 0.717) is 5.75 Å². The topological polar surface area (TPSA) is 161 Å². The van der Waals surface area contributed by atoms with Crippen LogP contribution in [0.25, 0.3) is 10.8 Å². The van der Waals surface area contributed by atoms with Crippen LogP contribution in [0.4, 0.5) is 0 Å². The number of H-pyrrole nitrogens is 1. The predicted octanol–water partition coefficient (Wildman–Crippen LogP) is 1.95. The van der Waals surface area contributed by atoms with Gasteiger partial charge in [0.1, 0.15) is 29.6 Å². The zero-order valence-corrected chi connectivity index (χ0v) is 24.1. The molecule has 0 spiro atoms. The fraction of sp³-hybridized carbons (Fsp3) is 0.423. The number of esters is 1. The van der Waals surface area contributed by atoms with E-state index in [9.17, 15) is 24.6 Å². The summed E-state index contributed by atoms with van der Waals surface area (Å²) in [5.41, 5.74) is -3.38. The molecule has 40 heavy (non-hydrogen) atoms. The zero-order valence-electron chi connectivity index (χ0n) is 22.3. The van der Waals surface area contributed by atoms with E-state index in [1.54, 1.807) is 32.9 Å². The molecule has 0 amide bonds. The summed E-state index contributed by atoms with van der Waals surface area (Å²) in [7, 11) is 0. The Morgan fingerprint density at radius 1 is 1.20 bits per heavy atom. The summed E-state index contributed by atoms with van der Waals surface area (Å²) in [6.45, 7) is 2.40. The summed E-state index contributed by atoms with van der Waals surface area (Å²) in [5.74, 6) is -0.150. The first-order valence-corrected chi connectivity index (χ1v) is 15.2. The molecule has 0 aliphatic carbocycles. The van der Waals surface area contributed by atoms with Gasteiger partial charge in [-0.15, -0.1) is 0 Å². The van der Waals surface area contributed by atoms with Gasteiger partial charge >= 0.3 is 18.3 Å². The molecule has 14 heteroatoms. The van der Waals surface area contributed by atoms with Crippen molar-refractivity contribution in [2.45, 2.75) is 63.9 Å². The lowest BCUT2D eigenvalue weighted by Gasteiger charge is -2.29. The number of aliphatic hydroxyl groups is 2. The minimum absolute atomic E-state index is 0.355. The van der Waals surface area contributed by atoms with Gasteiger partial charge in [0.15, 0.2) is 6.23 Å². The predicted molar refractivity (Wildman–Crippen MR) is 151 cm³/mol. The number of aromatic nitrogens is 2. The molecule has 4 rings (SSSR count). The van der Waals surface area contributed by atoms with Crippen molar-refractivity contribution in [1.82, 2.24) is 14.6 Å². The van der Waals surface area contributed by atoms with Crippen molar-refractivity contribution in [1.29, 1.82) is 0 Å². The second-order valence-corrected chi connectivity index (χ2v) is 13.0. The van der Waals surface area contributed by atoms with Gasteiger partial charge in [-0.25, -0.2) is 9.88 Å². The Kier molecular flexibility index (Phi) is 8.96. The number of fused-ring (bicyclic) bond motifs is 1. The molecule has 1 aliphatic rings. The minimum Gasteiger partial charge on any atom is -0.462 e. The van der Waals surface area contributed by atoms with Crippen molar-refractivity contribution in [3.05, 3.63) is 75.6 Å². The van der Waals surface area contributed by atoms with E-state index in [-0.39, 0.29) is 12.7 Å². The molecule has 1 fully saturated rings. The molecule has 1 saturated heterocycles. The maximum Gasteiger partial charge on any atom is 0.330 e. The Labute approximate surface area is 235 Å². The van der Waals surface area contributed by atoms with Gasteiger partial charge < -0.3 is 28.7 Å². The molecular weight excluding hydrogens is 561 g/mol. The Morgan fingerprint density at radius 2 is 1.90 bits per heavy atom. The van der Waals surface area contributed by atoms with E-state index in [0.717, 1.165) is 27.6 Å². The Bertz CT molecular complexity index is 1530. The van der Waals surface area contributed by atoms with Crippen LogP contribution in [0, 0.1) is 0 Å². The first kappa shape index (κ1) is 30.1. The maximum atomic E-state index is 12.6. The third kappa shape index (κ3) is 6.52. The summed E-state index contributed by atoms with van der Waals surface area (Å²) < 4.78 is 24.3. The lowest BCUT2D eigenvalue weighted by atomic mass is 9.96. The number of hydrogen-bond donors (Lipinski definition) is 4. The number of ether oxygens (including phenoxy) is 2. The molecule has 2 aromatic carbocycles. The average molecular weight is 594 g/mol. The maximum absolute atomic E-state index is 12.6. The van der Waals surface area contributed by atoms with E-state index in [4.69, 9.17) is 30.3 Å². The number of aromatic amines is 1. The molecule has 0 bridgehead atoms. The van der Waals surface area contributed by atoms with Gasteiger partial charge in [-0.1, -0.05) is 36.4 Å². The van der Waals surface area contributed by atoms with Crippen LogP contribution in [0.5, 0.6) is 5.75 Å². The number of hydrogen-bond acceptors (Lipinski definition) is 10. The summed E-state index contributed by atoms with van der Waals surface area (Å²) in [4.78, 5) is 38.5. The lowest BCUT2D eigenvalue weighted by molar-refractivity contribution is -0.149. The molecule has 1 aliphatic heterocycles. The van der Waals surface area contributed by atoms with Crippen molar-refractivity contribution in [3.8, 4) is 5.75 Å². The largest absolute Gasteiger partial charge is 0.462 e. The molecule has 0 radical (unpaired) electrons. The van der Waals surface area contributed by atoms with E-state index < -0.39 is 53.9 Å². The third-order valence-electron chi connectivity index (χ3n) is 6.29. The molecule has 6 atom stereocenters. The quantitative estimate of drug-likeness (QED) is 0.201. The number of benzene rings is 2. The highest BCUT2D eigenvalue weighted by molar-refractivity contribution is 8.09. The third-order valence-corrected chi connectivity index (χ3v) is 8.78. The summed E-state index contributed by atoms with van der Waals surface area (Å²) >= 11 is 5.80. The molecule has 0 saturated carbocycles. The van der Waals surface area contributed by atoms with Gasteiger partial charge in [-0.2, -0.15) is 0 Å². The van der Waals surface area contributed by atoms with Crippen LogP contribution in [-0.2, 0) is 30.6 Å². The monoisotopic (exact) mass is 593 g/mol. The van der Waals surface area contributed by atoms with Crippen LogP contribution in [0.3, 0.4) is 0 Å². The van der Waals surface area contributed by atoms with Crippen LogP contribution < -0.4 is 20.9 Å². The van der Waals surface area contributed by atoms with Crippen LogP contribution >= 0.6 is 6.64 Å². The fourth-order valence-corrected chi connectivity index (χ4v) is 6.70. The summed E-state index contributed by atoms with van der Waals surface area (Å²) in [5, 5.41) is 26.5. The molecule has 4 N–H and O–H groups in total. The van der Waals surface area contributed by atoms with Crippen molar-refractivity contribution < 1.29 is 33.5 Å². The number of nitrogens with zero attached hydrogens (tertiary/aromatic N) is 1. The zero-order chi connectivity index (χ0) is 29.2. The molecule has 1 aromatic heterocycles. The van der Waals surface area contributed by atoms with Gasteiger partial charge in [0.05, 0.1) is 12.7 Å². The molecular formula is C26H32N3O9PS. The molecule has 216 valence electrons. The highest BCUT2D eigenvalue weighted by Crippen LogP contribution is 2.48. The summed E-state index contributed by atoms with van der Waals surface area (Å²) in [6, 6.07) is 13.1. The van der Waals surface area contributed by atoms with Gasteiger partial charge in [0, 0.05) is 17.6 Å². The molecule has 12 nitrogen and oxygen atoms in total.